The van der Waals surface area contributed by atoms with Crippen LogP contribution in [-0.4, -0.2) is 24.0 Å². The lowest BCUT2D eigenvalue weighted by molar-refractivity contribution is 0.128. The molecule has 0 bridgehead atoms. The fourth-order valence-electron chi connectivity index (χ4n) is 1.09. The molecule has 1 heterocycles. The SMILES string of the molecule is CCOP(=O)(O)C1CCCO1. The Morgan fingerprint density at radius 3 is 3.00 bits per heavy atom. The number of hydrogen-bond donors (Lipinski definition) is 1. The monoisotopic (exact) mass is 180 g/mol. The van der Waals surface area contributed by atoms with Crippen molar-refractivity contribution < 1.29 is 18.7 Å². The summed E-state index contributed by atoms with van der Waals surface area (Å²) in [6.45, 7) is 2.52. The van der Waals surface area contributed by atoms with E-state index in [0.717, 1.165) is 6.42 Å². The van der Waals surface area contributed by atoms with Gasteiger partial charge >= 0.3 is 7.60 Å². The van der Waals surface area contributed by atoms with Gasteiger partial charge in [-0.2, -0.15) is 0 Å². The fraction of sp³-hybridized carbons (Fsp3) is 1.00. The van der Waals surface area contributed by atoms with Gasteiger partial charge in [0.15, 0.2) is 5.85 Å². The minimum Gasteiger partial charge on any atom is -0.366 e. The second kappa shape index (κ2) is 3.68. The maximum Gasteiger partial charge on any atom is 0.356 e. The summed E-state index contributed by atoms with van der Waals surface area (Å²) in [5.74, 6) is -0.581. The average Bonchev–Trinajstić information content (AvgIpc) is 2.37. The van der Waals surface area contributed by atoms with E-state index in [9.17, 15) is 9.46 Å². The first-order valence-electron chi connectivity index (χ1n) is 3.75. The van der Waals surface area contributed by atoms with Crippen molar-refractivity contribution in [2.24, 2.45) is 0 Å². The average molecular weight is 180 g/mol. The molecule has 1 N–H and O–H groups in total. The van der Waals surface area contributed by atoms with E-state index < -0.39 is 13.4 Å². The standard InChI is InChI=1S/C6H13O4P/c1-2-10-11(7,8)6-4-3-5-9-6/h6H,2-5H2,1H3,(H,7,8). The summed E-state index contributed by atoms with van der Waals surface area (Å²) in [6, 6.07) is 0. The Bertz CT molecular complexity index is 164. The van der Waals surface area contributed by atoms with E-state index >= 15 is 0 Å². The molecule has 0 aromatic rings. The van der Waals surface area contributed by atoms with Crippen molar-refractivity contribution in [3.63, 3.8) is 0 Å². The molecule has 1 aliphatic rings. The third-order valence-electron chi connectivity index (χ3n) is 1.58. The molecule has 0 spiro atoms. The van der Waals surface area contributed by atoms with Crippen LogP contribution in [0.2, 0.25) is 0 Å². The van der Waals surface area contributed by atoms with Gasteiger partial charge in [0.1, 0.15) is 0 Å². The highest BCUT2D eigenvalue weighted by Crippen LogP contribution is 2.51. The lowest BCUT2D eigenvalue weighted by Crippen LogP contribution is -2.08. The predicted octanol–water partition coefficient (Wildman–Crippen LogP) is 1.34. The van der Waals surface area contributed by atoms with E-state index in [1.165, 1.54) is 0 Å². The zero-order chi connectivity index (χ0) is 8.32. The van der Waals surface area contributed by atoms with Crippen LogP contribution in [-0.2, 0) is 13.8 Å². The lowest BCUT2D eigenvalue weighted by atomic mass is 10.4. The first kappa shape index (κ1) is 9.20. The van der Waals surface area contributed by atoms with E-state index in [0.29, 0.717) is 13.0 Å². The largest absolute Gasteiger partial charge is 0.366 e. The molecule has 2 unspecified atom stereocenters. The molecule has 66 valence electrons. The molecule has 1 saturated heterocycles. The molecule has 5 heteroatoms. The summed E-state index contributed by atoms with van der Waals surface area (Å²) in [7, 11) is -3.46. The van der Waals surface area contributed by atoms with Crippen LogP contribution in [0.1, 0.15) is 19.8 Å². The smallest absolute Gasteiger partial charge is 0.356 e. The molecule has 11 heavy (non-hydrogen) atoms. The highest BCUT2D eigenvalue weighted by atomic mass is 31.2. The molecule has 2 atom stereocenters. The molecule has 0 aromatic carbocycles. The lowest BCUT2D eigenvalue weighted by Gasteiger charge is -2.16. The molecule has 1 fully saturated rings. The van der Waals surface area contributed by atoms with Gasteiger partial charge in [0.05, 0.1) is 6.61 Å². The van der Waals surface area contributed by atoms with Crippen LogP contribution in [0.4, 0.5) is 0 Å². The van der Waals surface area contributed by atoms with Crippen LogP contribution < -0.4 is 0 Å². The zero-order valence-corrected chi connectivity index (χ0v) is 7.42. The molecule has 1 rings (SSSR count). The summed E-state index contributed by atoms with van der Waals surface area (Å²) in [5.41, 5.74) is 0. The first-order chi connectivity index (χ1) is 5.17. The van der Waals surface area contributed by atoms with Gasteiger partial charge in [-0.3, -0.25) is 4.57 Å². The second-order valence-corrected chi connectivity index (χ2v) is 4.41. The van der Waals surface area contributed by atoms with Crippen LogP contribution >= 0.6 is 7.60 Å². The summed E-state index contributed by atoms with van der Waals surface area (Å²) in [6.07, 6.45) is 1.48. The fourth-order valence-corrected chi connectivity index (χ4v) is 2.42. The third-order valence-corrected chi connectivity index (χ3v) is 3.35. The Labute approximate surface area is 66.0 Å². The minimum atomic E-state index is -3.46. The van der Waals surface area contributed by atoms with Crippen molar-refractivity contribution >= 4 is 7.60 Å². The summed E-state index contributed by atoms with van der Waals surface area (Å²) in [4.78, 5) is 9.22. The topological polar surface area (TPSA) is 55.8 Å². The van der Waals surface area contributed by atoms with Gasteiger partial charge in [-0.25, -0.2) is 0 Å². The number of ether oxygens (including phenoxy) is 1. The molecular weight excluding hydrogens is 167 g/mol. The van der Waals surface area contributed by atoms with Gasteiger partial charge < -0.3 is 14.2 Å². The van der Waals surface area contributed by atoms with E-state index in [-0.39, 0.29) is 6.61 Å². The molecule has 0 aliphatic carbocycles. The van der Waals surface area contributed by atoms with Crippen molar-refractivity contribution in [2.45, 2.75) is 25.6 Å². The molecule has 0 radical (unpaired) electrons. The summed E-state index contributed by atoms with van der Waals surface area (Å²) < 4.78 is 21.0. The minimum absolute atomic E-state index is 0.258. The highest BCUT2D eigenvalue weighted by Gasteiger charge is 2.35. The van der Waals surface area contributed by atoms with Crippen LogP contribution in [0.25, 0.3) is 0 Å². The van der Waals surface area contributed by atoms with Crippen LogP contribution in [0, 0.1) is 0 Å². The van der Waals surface area contributed by atoms with Gasteiger partial charge in [-0.05, 0) is 19.8 Å². The zero-order valence-electron chi connectivity index (χ0n) is 6.52. The van der Waals surface area contributed by atoms with E-state index in [1.807, 2.05) is 0 Å². The molecule has 4 nitrogen and oxygen atoms in total. The first-order valence-corrected chi connectivity index (χ1v) is 5.40. The Hall–Kier alpha value is 0.110. The molecule has 0 aromatic heterocycles. The quantitative estimate of drug-likeness (QED) is 0.666. The van der Waals surface area contributed by atoms with Gasteiger partial charge in [0.25, 0.3) is 0 Å². The Morgan fingerprint density at radius 1 is 1.82 bits per heavy atom. The Kier molecular flexibility index (Phi) is 3.07. The van der Waals surface area contributed by atoms with Crippen molar-refractivity contribution in [1.29, 1.82) is 0 Å². The van der Waals surface area contributed by atoms with E-state index in [2.05, 4.69) is 0 Å². The van der Waals surface area contributed by atoms with E-state index in [1.54, 1.807) is 6.92 Å². The normalized spacial score (nSPS) is 30.2. The Balaban J connectivity index is 2.48. The molecule has 1 aliphatic heterocycles. The maximum absolute atomic E-state index is 11.2. The summed E-state index contributed by atoms with van der Waals surface area (Å²) in [5, 5.41) is 0. The van der Waals surface area contributed by atoms with E-state index in [4.69, 9.17) is 9.26 Å². The Morgan fingerprint density at radius 2 is 2.55 bits per heavy atom. The maximum atomic E-state index is 11.2. The molecular formula is C6H13O4P. The van der Waals surface area contributed by atoms with Gasteiger partial charge in [0.2, 0.25) is 0 Å². The van der Waals surface area contributed by atoms with Crippen molar-refractivity contribution in [1.82, 2.24) is 0 Å². The molecule has 0 saturated carbocycles. The second-order valence-electron chi connectivity index (χ2n) is 2.45. The van der Waals surface area contributed by atoms with Gasteiger partial charge in [-0.1, -0.05) is 0 Å². The van der Waals surface area contributed by atoms with Crippen molar-refractivity contribution in [3.05, 3.63) is 0 Å². The van der Waals surface area contributed by atoms with Crippen LogP contribution in [0.15, 0.2) is 0 Å². The molecule has 0 amide bonds. The highest BCUT2D eigenvalue weighted by molar-refractivity contribution is 7.53. The summed E-state index contributed by atoms with van der Waals surface area (Å²) >= 11 is 0. The number of rotatable bonds is 3. The van der Waals surface area contributed by atoms with Crippen molar-refractivity contribution in [3.8, 4) is 0 Å². The van der Waals surface area contributed by atoms with Crippen molar-refractivity contribution in [2.75, 3.05) is 13.2 Å². The van der Waals surface area contributed by atoms with Gasteiger partial charge in [-0.15, -0.1) is 0 Å². The van der Waals surface area contributed by atoms with Crippen LogP contribution in [0.3, 0.4) is 0 Å². The predicted molar refractivity (Wildman–Crippen MR) is 40.4 cm³/mol. The third kappa shape index (κ3) is 2.27. The van der Waals surface area contributed by atoms with Crippen LogP contribution in [0.5, 0.6) is 0 Å². The van der Waals surface area contributed by atoms with Gasteiger partial charge in [0, 0.05) is 6.61 Å². The number of hydrogen-bond acceptors (Lipinski definition) is 3.